The SMILES string of the molecule is C=C(C)C(=O)OC(CC1CCCO1)c1ccco1. The highest BCUT2D eigenvalue weighted by Gasteiger charge is 2.26. The number of esters is 1. The first kappa shape index (κ1) is 12.9. The number of furan rings is 1. The Morgan fingerprint density at radius 1 is 1.67 bits per heavy atom. The molecule has 4 nitrogen and oxygen atoms in total. The fourth-order valence-corrected chi connectivity index (χ4v) is 2.00. The summed E-state index contributed by atoms with van der Waals surface area (Å²) in [6.45, 7) is 6.00. The van der Waals surface area contributed by atoms with E-state index in [2.05, 4.69) is 6.58 Å². The van der Waals surface area contributed by atoms with Crippen molar-refractivity contribution >= 4 is 5.97 Å². The zero-order valence-electron chi connectivity index (χ0n) is 10.6. The lowest BCUT2D eigenvalue weighted by Crippen LogP contribution is -2.17. The summed E-state index contributed by atoms with van der Waals surface area (Å²) in [4.78, 5) is 11.6. The van der Waals surface area contributed by atoms with Crippen LogP contribution in [0.3, 0.4) is 0 Å². The molecule has 2 atom stereocenters. The van der Waals surface area contributed by atoms with E-state index < -0.39 is 12.1 Å². The molecule has 0 aliphatic carbocycles. The number of ether oxygens (including phenoxy) is 2. The Morgan fingerprint density at radius 2 is 2.50 bits per heavy atom. The molecule has 2 rings (SSSR count). The van der Waals surface area contributed by atoms with Crippen molar-refractivity contribution in [3.63, 3.8) is 0 Å². The summed E-state index contributed by atoms with van der Waals surface area (Å²) >= 11 is 0. The highest BCUT2D eigenvalue weighted by Crippen LogP contribution is 2.29. The summed E-state index contributed by atoms with van der Waals surface area (Å²) in [7, 11) is 0. The Bertz CT molecular complexity index is 401. The molecule has 1 saturated heterocycles. The molecule has 98 valence electrons. The molecule has 0 saturated carbocycles. The molecule has 0 N–H and O–H groups in total. The maximum Gasteiger partial charge on any atom is 0.333 e. The first-order chi connectivity index (χ1) is 8.66. The van der Waals surface area contributed by atoms with Crippen molar-refractivity contribution in [2.75, 3.05) is 6.61 Å². The monoisotopic (exact) mass is 250 g/mol. The summed E-state index contributed by atoms with van der Waals surface area (Å²) in [5, 5.41) is 0. The van der Waals surface area contributed by atoms with Crippen molar-refractivity contribution in [2.24, 2.45) is 0 Å². The molecule has 1 aromatic heterocycles. The second kappa shape index (κ2) is 5.87. The van der Waals surface area contributed by atoms with E-state index in [0.29, 0.717) is 17.8 Å². The van der Waals surface area contributed by atoms with Crippen molar-refractivity contribution in [3.8, 4) is 0 Å². The van der Waals surface area contributed by atoms with Crippen LogP contribution in [0.2, 0.25) is 0 Å². The highest BCUT2D eigenvalue weighted by molar-refractivity contribution is 5.87. The first-order valence-electron chi connectivity index (χ1n) is 6.18. The summed E-state index contributed by atoms with van der Waals surface area (Å²) in [5.74, 6) is 0.259. The van der Waals surface area contributed by atoms with Crippen LogP contribution < -0.4 is 0 Å². The molecule has 0 bridgehead atoms. The fourth-order valence-electron chi connectivity index (χ4n) is 2.00. The number of carbonyl (C=O) groups excluding carboxylic acids is 1. The van der Waals surface area contributed by atoms with Crippen molar-refractivity contribution in [1.29, 1.82) is 0 Å². The number of carbonyl (C=O) groups is 1. The van der Waals surface area contributed by atoms with E-state index in [9.17, 15) is 4.79 Å². The van der Waals surface area contributed by atoms with Gasteiger partial charge in [0.2, 0.25) is 0 Å². The van der Waals surface area contributed by atoms with Crippen LogP contribution in [0.5, 0.6) is 0 Å². The van der Waals surface area contributed by atoms with E-state index in [1.54, 1.807) is 19.3 Å². The van der Waals surface area contributed by atoms with Crippen LogP contribution in [-0.2, 0) is 14.3 Å². The molecule has 0 amide bonds. The summed E-state index contributed by atoms with van der Waals surface area (Å²) in [6.07, 6.45) is 4.01. The second-order valence-corrected chi connectivity index (χ2v) is 4.56. The summed E-state index contributed by atoms with van der Waals surface area (Å²) < 4.78 is 16.3. The third kappa shape index (κ3) is 3.23. The number of rotatable bonds is 5. The molecule has 0 spiro atoms. The van der Waals surface area contributed by atoms with Crippen molar-refractivity contribution in [3.05, 3.63) is 36.3 Å². The Balaban J connectivity index is 2.02. The van der Waals surface area contributed by atoms with E-state index in [-0.39, 0.29) is 6.10 Å². The first-order valence-corrected chi connectivity index (χ1v) is 6.18. The van der Waals surface area contributed by atoms with E-state index in [0.717, 1.165) is 19.4 Å². The number of hydrogen-bond donors (Lipinski definition) is 0. The fraction of sp³-hybridized carbons (Fsp3) is 0.500. The quantitative estimate of drug-likeness (QED) is 0.595. The molecule has 0 aromatic carbocycles. The molecular weight excluding hydrogens is 232 g/mol. The van der Waals surface area contributed by atoms with Gasteiger partial charge in [0.15, 0.2) is 6.10 Å². The van der Waals surface area contributed by atoms with Gasteiger partial charge < -0.3 is 13.9 Å². The zero-order valence-corrected chi connectivity index (χ0v) is 10.6. The van der Waals surface area contributed by atoms with Crippen LogP contribution in [0.15, 0.2) is 35.0 Å². The Morgan fingerprint density at radius 3 is 3.06 bits per heavy atom. The van der Waals surface area contributed by atoms with Gasteiger partial charge in [0, 0.05) is 18.6 Å². The minimum atomic E-state index is -0.396. The van der Waals surface area contributed by atoms with Crippen LogP contribution in [0.1, 0.15) is 38.1 Å². The van der Waals surface area contributed by atoms with Gasteiger partial charge in [-0.05, 0) is 31.9 Å². The van der Waals surface area contributed by atoms with Gasteiger partial charge in [0.05, 0.1) is 12.4 Å². The normalized spacial score (nSPS) is 20.6. The van der Waals surface area contributed by atoms with E-state index in [1.807, 2.05) is 6.07 Å². The van der Waals surface area contributed by atoms with Gasteiger partial charge in [-0.2, -0.15) is 0 Å². The van der Waals surface area contributed by atoms with E-state index >= 15 is 0 Å². The topological polar surface area (TPSA) is 48.7 Å². The maximum absolute atomic E-state index is 11.6. The zero-order chi connectivity index (χ0) is 13.0. The van der Waals surface area contributed by atoms with Gasteiger partial charge >= 0.3 is 5.97 Å². The minimum Gasteiger partial charge on any atom is -0.465 e. The lowest BCUT2D eigenvalue weighted by Gasteiger charge is -2.19. The van der Waals surface area contributed by atoms with Crippen LogP contribution >= 0.6 is 0 Å². The standard InChI is InChI=1S/C14H18O4/c1-10(2)14(15)18-13(12-6-4-8-17-12)9-11-5-3-7-16-11/h4,6,8,11,13H,1,3,5,7,9H2,2H3. The van der Waals surface area contributed by atoms with Crippen molar-refractivity contribution < 1.29 is 18.7 Å². The molecule has 2 heterocycles. The van der Waals surface area contributed by atoms with Crippen LogP contribution in [0, 0.1) is 0 Å². The van der Waals surface area contributed by atoms with Crippen LogP contribution in [-0.4, -0.2) is 18.7 Å². The predicted octanol–water partition coefficient (Wildman–Crippen LogP) is 3.01. The van der Waals surface area contributed by atoms with E-state index in [1.165, 1.54) is 0 Å². The van der Waals surface area contributed by atoms with E-state index in [4.69, 9.17) is 13.9 Å². The van der Waals surface area contributed by atoms with Crippen LogP contribution in [0.25, 0.3) is 0 Å². The molecule has 2 unspecified atom stereocenters. The van der Waals surface area contributed by atoms with Crippen LogP contribution in [0.4, 0.5) is 0 Å². The molecule has 1 fully saturated rings. The predicted molar refractivity (Wildman–Crippen MR) is 65.9 cm³/mol. The van der Waals surface area contributed by atoms with Gasteiger partial charge in [-0.3, -0.25) is 0 Å². The summed E-state index contributed by atoms with van der Waals surface area (Å²) in [6, 6.07) is 3.60. The van der Waals surface area contributed by atoms with Gasteiger partial charge in [-0.1, -0.05) is 6.58 Å². The Labute approximate surface area is 107 Å². The molecule has 1 aliphatic rings. The Kier molecular flexibility index (Phi) is 4.20. The van der Waals surface area contributed by atoms with Gasteiger partial charge in [-0.25, -0.2) is 4.79 Å². The minimum absolute atomic E-state index is 0.137. The van der Waals surface area contributed by atoms with Gasteiger partial charge in [0.1, 0.15) is 5.76 Å². The van der Waals surface area contributed by atoms with Gasteiger partial charge in [-0.15, -0.1) is 0 Å². The maximum atomic E-state index is 11.6. The average Bonchev–Trinajstić information content (AvgIpc) is 3.00. The molecule has 1 aliphatic heterocycles. The largest absolute Gasteiger partial charge is 0.465 e. The van der Waals surface area contributed by atoms with Crippen molar-refractivity contribution in [2.45, 2.75) is 38.4 Å². The lowest BCUT2D eigenvalue weighted by atomic mass is 10.1. The smallest absolute Gasteiger partial charge is 0.333 e. The second-order valence-electron chi connectivity index (χ2n) is 4.56. The van der Waals surface area contributed by atoms with Crippen molar-refractivity contribution in [1.82, 2.24) is 0 Å². The lowest BCUT2D eigenvalue weighted by molar-refractivity contribution is -0.147. The Hall–Kier alpha value is -1.55. The molecular formula is C14H18O4. The third-order valence-corrected chi connectivity index (χ3v) is 2.96. The molecule has 0 radical (unpaired) electrons. The molecule has 1 aromatic rings. The number of hydrogen-bond acceptors (Lipinski definition) is 4. The van der Waals surface area contributed by atoms with Gasteiger partial charge in [0.25, 0.3) is 0 Å². The molecule has 18 heavy (non-hydrogen) atoms. The highest BCUT2D eigenvalue weighted by atomic mass is 16.6. The average molecular weight is 250 g/mol. The molecule has 4 heteroatoms. The summed E-state index contributed by atoms with van der Waals surface area (Å²) in [5.41, 5.74) is 0.388. The third-order valence-electron chi connectivity index (χ3n) is 2.96.